The normalized spacial score (nSPS) is 11.5. The predicted molar refractivity (Wildman–Crippen MR) is 52.9 cm³/mol. The fourth-order valence-electron chi connectivity index (χ4n) is 0.507. The van der Waals surface area contributed by atoms with Gasteiger partial charge in [-0.15, -0.1) is 0 Å². The Kier molecular flexibility index (Phi) is 3.08. The first-order valence-corrected chi connectivity index (χ1v) is 6.41. The molecular formula is C5H7BrN2O2S2. The lowest BCUT2D eigenvalue weighted by atomic mass is 11.0. The third kappa shape index (κ3) is 2.72. The zero-order valence-electron chi connectivity index (χ0n) is 6.24. The molecule has 0 saturated heterocycles. The monoisotopic (exact) mass is 270 g/mol. The molecule has 0 atom stereocenters. The summed E-state index contributed by atoms with van der Waals surface area (Å²) >= 11 is 4.43. The second-order valence-electron chi connectivity index (χ2n) is 1.98. The van der Waals surface area contributed by atoms with Crippen molar-refractivity contribution >= 4 is 42.4 Å². The van der Waals surface area contributed by atoms with Gasteiger partial charge in [0.15, 0.2) is 5.13 Å². The van der Waals surface area contributed by atoms with E-state index in [2.05, 4.69) is 25.6 Å². The highest BCUT2D eigenvalue weighted by Gasteiger charge is 2.08. The molecule has 12 heavy (non-hydrogen) atoms. The lowest BCUT2D eigenvalue weighted by Crippen LogP contribution is -2.14. The van der Waals surface area contributed by atoms with Crippen molar-refractivity contribution in [1.29, 1.82) is 0 Å². The van der Waals surface area contributed by atoms with Crippen LogP contribution in [0, 0.1) is 0 Å². The Hall–Kier alpha value is -0.140. The molecule has 0 aliphatic heterocycles. The first-order valence-electron chi connectivity index (χ1n) is 3.15. The average molecular weight is 271 g/mol. The summed E-state index contributed by atoms with van der Waals surface area (Å²) in [6.07, 6.45) is 1.55. The number of hydrogen-bond donors (Lipinski definition) is 1. The van der Waals surface area contributed by atoms with E-state index < -0.39 is 10.0 Å². The van der Waals surface area contributed by atoms with Crippen LogP contribution in [0.15, 0.2) is 9.98 Å². The molecular weight excluding hydrogens is 264 g/mol. The predicted octanol–water partition coefficient (Wildman–Crippen LogP) is 1.67. The van der Waals surface area contributed by atoms with Crippen molar-refractivity contribution in [3.63, 3.8) is 0 Å². The van der Waals surface area contributed by atoms with Crippen molar-refractivity contribution < 1.29 is 8.42 Å². The van der Waals surface area contributed by atoms with Crippen LogP contribution in [0.1, 0.15) is 6.92 Å². The molecule has 4 nitrogen and oxygen atoms in total. The molecule has 0 amide bonds. The number of nitrogens with one attached hydrogen (secondary N) is 1. The minimum atomic E-state index is -3.18. The van der Waals surface area contributed by atoms with Gasteiger partial charge in [-0.25, -0.2) is 13.4 Å². The van der Waals surface area contributed by atoms with Crippen molar-refractivity contribution in [2.45, 2.75) is 6.92 Å². The Bertz CT molecular complexity index is 359. The summed E-state index contributed by atoms with van der Waals surface area (Å²) < 4.78 is 25.2. The molecule has 0 aromatic carbocycles. The number of anilines is 1. The number of rotatable bonds is 3. The Morgan fingerprint density at radius 2 is 2.42 bits per heavy atom. The molecule has 0 fully saturated rings. The average Bonchev–Trinajstić information content (AvgIpc) is 2.35. The Labute approximate surface area is 83.2 Å². The third-order valence-electron chi connectivity index (χ3n) is 1.10. The number of aromatic nitrogens is 1. The van der Waals surface area contributed by atoms with Gasteiger partial charge >= 0.3 is 0 Å². The van der Waals surface area contributed by atoms with E-state index in [0.29, 0.717) is 5.13 Å². The number of halogens is 1. The van der Waals surface area contributed by atoms with Gasteiger partial charge < -0.3 is 0 Å². The maximum Gasteiger partial charge on any atom is 0.234 e. The standard InChI is InChI=1S/C5H7BrN2O2S2/c1-2-12(9,10)8-5-7-3-4(6)11-5/h3H,2H2,1H3,(H,7,8). The van der Waals surface area contributed by atoms with E-state index in [9.17, 15) is 8.42 Å². The van der Waals surface area contributed by atoms with Crippen molar-refractivity contribution in [3.05, 3.63) is 9.98 Å². The summed E-state index contributed by atoms with van der Waals surface area (Å²) in [6, 6.07) is 0. The molecule has 0 spiro atoms. The Morgan fingerprint density at radius 1 is 1.75 bits per heavy atom. The smallest absolute Gasteiger partial charge is 0.234 e. The molecule has 0 aliphatic carbocycles. The quantitative estimate of drug-likeness (QED) is 0.909. The van der Waals surface area contributed by atoms with Crippen LogP contribution in [-0.2, 0) is 10.0 Å². The minimum absolute atomic E-state index is 0.0597. The van der Waals surface area contributed by atoms with E-state index in [4.69, 9.17) is 0 Å². The van der Waals surface area contributed by atoms with Crippen LogP contribution < -0.4 is 4.72 Å². The number of hydrogen-bond acceptors (Lipinski definition) is 4. The van der Waals surface area contributed by atoms with Gasteiger partial charge in [0, 0.05) is 0 Å². The van der Waals surface area contributed by atoms with E-state index >= 15 is 0 Å². The molecule has 0 bridgehead atoms. The van der Waals surface area contributed by atoms with Crippen LogP contribution in [0.3, 0.4) is 0 Å². The van der Waals surface area contributed by atoms with Crippen LogP contribution in [0.2, 0.25) is 0 Å². The van der Waals surface area contributed by atoms with Gasteiger partial charge in [-0.2, -0.15) is 0 Å². The molecule has 1 aromatic rings. The Morgan fingerprint density at radius 3 is 2.83 bits per heavy atom. The molecule has 1 rings (SSSR count). The summed E-state index contributed by atoms with van der Waals surface area (Å²) in [5.74, 6) is 0.0597. The molecule has 1 N–H and O–H groups in total. The maximum absolute atomic E-state index is 11.0. The molecule has 0 saturated carbocycles. The Balaban J connectivity index is 2.77. The molecule has 1 heterocycles. The molecule has 1 aromatic heterocycles. The summed E-state index contributed by atoms with van der Waals surface area (Å²) in [7, 11) is -3.18. The van der Waals surface area contributed by atoms with Crippen LogP contribution in [0.4, 0.5) is 5.13 Å². The number of sulfonamides is 1. The zero-order valence-corrected chi connectivity index (χ0v) is 9.46. The molecule has 0 unspecified atom stereocenters. The van der Waals surface area contributed by atoms with Crippen LogP contribution in [-0.4, -0.2) is 19.2 Å². The van der Waals surface area contributed by atoms with Gasteiger partial charge in [-0.05, 0) is 22.9 Å². The van der Waals surface area contributed by atoms with E-state index in [1.54, 1.807) is 13.1 Å². The topological polar surface area (TPSA) is 59.1 Å². The van der Waals surface area contributed by atoms with E-state index in [1.165, 1.54) is 11.3 Å². The zero-order chi connectivity index (χ0) is 9.19. The van der Waals surface area contributed by atoms with Crippen LogP contribution in [0.5, 0.6) is 0 Å². The molecule has 0 radical (unpaired) electrons. The van der Waals surface area contributed by atoms with Crippen molar-refractivity contribution in [2.75, 3.05) is 10.5 Å². The lowest BCUT2D eigenvalue weighted by molar-refractivity contribution is 0.602. The van der Waals surface area contributed by atoms with Crippen LogP contribution in [0.25, 0.3) is 0 Å². The van der Waals surface area contributed by atoms with Crippen molar-refractivity contribution in [3.8, 4) is 0 Å². The van der Waals surface area contributed by atoms with Gasteiger partial charge in [0.05, 0.1) is 15.7 Å². The van der Waals surface area contributed by atoms with Gasteiger partial charge in [-0.3, -0.25) is 4.72 Å². The number of thiazole rings is 1. The van der Waals surface area contributed by atoms with Crippen molar-refractivity contribution in [2.24, 2.45) is 0 Å². The molecule has 7 heteroatoms. The van der Waals surface area contributed by atoms with Gasteiger partial charge in [0.1, 0.15) is 0 Å². The lowest BCUT2D eigenvalue weighted by Gasteiger charge is -1.99. The van der Waals surface area contributed by atoms with Crippen LogP contribution >= 0.6 is 27.3 Å². The maximum atomic E-state index is 11.0. The first kappa shape index (κ1) is 9.94. The van der Waals surface area contributed by atoms with Crippen molar-refractivity contribution in [1.82, 2.24) is 4.98 Å². The van der Waals surface area contributed by atoms with Gasteiger partial charge in [0.2, 0.25) is 10.0 Å². The third-order valence-corrected chi connectivity index (χ3v) is 3.89. The summed E-state index contributed by atoms with van der Waals surface area (Å²) in [4.78, 5) is 3.83. The summed E-state index contributed by atoms with van der Waals surface area (Å²) in [5, 5.41) is 0.392. The summed E-state index contributed by atoms with van der Waals surface area (Å²) in [5.41, 5.74) is 0. The molecule has 0 aliphatic rings. The van der Waals surface area contributed by atoms with E-state index in [1.807, 2.05) is 0 Å². The second-order valence-corrected chi connectivity index (χ2v) is 6.40. The number of nitrogens with zero attached hydrogens (tertiary/aromatic N) is 1. The second kappa shape index (κ2) is 3.71. The first-order chi connectivity index (χ1) is 5.53. The fraction of sp³-hybridized carbons (Fsp3) is 0.400. The van der Waals surface area contributed by atoms with Gasteiger partial charge in [0.25, 0.3) is 0 Å². The fourth-order valence-corrected chi connectivity index (χ4v) is 2.48. The highest BCUT2D eigenvalue weighted by Crippen LogP contribution is 2.23. The van der Waals surface area contributed by atoms with E-state index in [-0.39, 0.29) is 5.75 Å². The van der Waals surface area contributed by atoms with E-state index in [0.717, 1.165) is 3.79 Å². The largest absolute Gasteiger partial charge is 0.259 e. The van der Waals surface area contributed by atoms with Gasteiger partial charge in [-0.1, -0.05) is 11.3 Å². The highest BCUT2D eigenvalue weighted by atomic mass is 79.9. The highest BCUT2D eigenvalue weighted by molar-refractivity contribution is 9.11. The minimum Gasteiger partial charge on any atom is -0.259 e. The molecule has 68 valence electrons. The summed E-state index contributed by atoms with van der Waals surface area (Å²) in [6.45, 7) is 1.57. The SMILES string of the molecule is CCS(=O)(=O)Nc1ncc(Br)s1.